The predicted octanol–water partition coefficient (Wildman–Crippen LogP) is 4.86. The number of benzene rings is 3. The van der Waals surface area contributed by atoms with Crippen LogP contribution >= 0.6 is 0 Å². The van der Waals surface area contributed by atoms with Crippen molar-refractivity contribution in [3.05, 3.63) is 125 Å². The average Bonchev–Trinajstić information content (AvgIpc) is 3.20. The Balaban J connectivity index is 2.14. The molecule has 0 amide bonds. The van der Waals surface area contributed by atoms with E-state index in [-0.39, 0.29) is 0 Å². The number of rotatable bonds is 5. The molecule has 0 aliphatic heterocycles. The molecule has 27 heavy (non-hydrogen) atoms. The molecular weight excluding hydrogens is 330 g/mol. The van der Waals surface area contributed by atoms with Gasteiger partial charge in [-0.2, -0.15) is 10.4 Å². The van der Waals surface area contributed by atoms with Crippen LogP contribution in [0.1, 0.15) is 27.9 Å². The fraction of sp³-hybridized carbons (Fsp3) is 0.0833. The zero-order chi connectivity index (χ0) is 18.5. The lowest BCUT2D eigenvalue weighted by molar-refractivity contribution is 0.701. The molecule has 3 nitrogen and oxygen atoms in total. The molecule has 0 aliphatic rings. The Hall–Kier alpha value is -3.64. The van der Waals surface area contributed by atoms with Crippen LogP contribution in [0.25, 0.3) is 0 Å². The van der Waals surface area contributed by atoms with Gasteiger partial charge in [0.25, 0.3) is 0 Å². The SMILES string of the molecule is N#CCc1cn[nH]c1C(c1ccccc1)(c1ccccc1)c1ccccc1. The highest BCUT2D eigenvalue weighted by molar-refractivity contribution is 5.59. The summed E-state index contributed by atoms with van der Waals surface area (Å²) in [6, 6.07) is 33.5. The highest BCUT2D eigenvalue weighted by Crippen LogP contribution is 2.45. The fourth-order valence-corrected chi connectivity index (χ4v) is 3.85. The van der Waals surface area contributed by atoms with E-state index >= 15 is 0 Å². The van der Waals surface area contributed by atoms with Crippen molar-refractivity contribution in [3.63, 3.8) is 0 Å². The van der Waals surface area contributed by atoms with Crippen LogP contribution in [0.15, 0.2) is 97.2 Å². The fourth-order valence-electron chi connectivity index (χ4n) is 3.85. The lowest BCUT2D eigenvalue weighted by Gasteiger charge is -2.36. The van der Waals surface area contributed by atoms with E-state index in [0.717, 1.165) is 27.9 Å². The molecule has 1 aromatic heterocycles. The van der Waals surface area contributed by atoms with Gasteiger partial charge in [0.1, 0.15) is 0 Å². The summed E-state index contributed by atoms with van der Waals surface area (Å²) >= 11 is 0. The van der Waals surface area contributed by atoms with Gasteiger partial charge in [0.2, 0.25) is 0 Å². The number of hydrogen-bond acceptors (Lipinski definition) is 2. The van der Waals surface area contributed by atoms with Gasteiger partial charge in [-0.3, -0.25) is 5.10 Å². The van der Waals surface area contributed by atoms with Crippen molar-refractivity contribution in [2.45, 2.75) is 11.8 Å². The van der Waals surface area contributed by atoms with Gasteiger partial charge < -0.3 is 0 Å². The summed E-state index contributed by atoms with van der Waals surface area (Å²) in [5.74, 6) is 0. The summed E-state index contributed by atoms with van der Waals surface area (Å²) in [6.07, 6.45) is 2.07. The zero-order valence-electron chi connectivity index (χ0n) is 14.8. The molecule has 4 rings (SSSR count). The number of aromatic nitrogens is 2. The third-order valence-corrected chi connectivity index (χ3v) is 4.98. The molecule has 0 saturated carbocycles. The minimum atomic E-state index is -0.577. The first-order valence-corrected chi connectivity index (χ1v) is 8.93. The molecule has 0 fully saturated rings. The van der Waals surface area contributed by atoms with Gasteiger partial charge in [0, 0.05) is 5.56 Å². The lowest BCUT2D eigenvalue weighted by Crippen LogP contribution is -2.32. The van der Waals surface area contributed by atoms with Gasteiger partial charge in [-0.15, -0.1) is 0 Å². The average molecular weight is 349 g/mol. The van der Waals surface area contributed by atoms with Crippen molar-refractivity contribution >= 4 is 0 Å². The Labute approximate surface area is 158 Å². The number of nitriles is 1. The number of H-pyrrole nitrogens is 1. The molecule has 0 saturated heterocycles. The van der Waals surface area contributed by atoms with Crippen molar-refractivity contribution < 1.29 is 0 Å². The van der Waals surface area contributed by atoms with E-state index in [2.05, 4.69) is 89.1 Å². The van der Waals surface area contributed by atoms with Crippen LogP contribution in [0.3, 0.4) is 0 Å². The standard InChI is InChI=1S/C24H19N3/c25-17-16-19-18-26-27-23(19)24(20-10-4-1-5-11-20,21-12-6-2-7-13-21)22-14-8-3-9-15-22/h1-15,18H,16H2,(H,26,27). The van der Waals surface area contributed by atoms with E-state index in [1.807, 2.05) is 18.2 Å². The molecule has 0 bridgehead atoms. The topological polar surface area (TPSA) is 52.5 Å². The normalized spacial score (nSPS) is 11.1. The Kier molecular flexibility index (Phi) is 4.55. The summed E-state index contributed by atoms with van der Waals surface area (Å²) in [5, 5.41) is 16.9. The van der Waals surface area contributed by atoms with Gasteiger partial charge in [-0.05, 0) is 16.7 Å². The van der Waals surface area contributed by atoms with Crippen LogP contribution in [-0.2, 0) is 11.8 Å². The zero-order valence-corrected chi connectivity index (χ0v) is 14.8. The van der Waals surface area contributed by atoms with Crippen LogP contribution in [0.2, 0.25) is 0 Å². The molecule has 0 aliphatic carbocycles. The van der Waals surface area contributed by atoms with Gasteiger partial charge in [-0.25, -0.2) is 0 Å². The largest absolute Gasteiger partial charge is 0.281 e. The molecule has 1 heterocycles. The van der Waals surface area contributed by atoms with E-state index in [4.69, 9.17) is 0 Å². The summed E-state index contributed by atoms with van der Waals surface area (Å²) < 4.78 is 0. The number of nitrogens with one attached hydrogen (secondary N) is 1. The first-order chi connectivity index (χ1) is 13.4. The first kappa shape index (κ1) is 16.8. The molecule has 0 radical (unpaired) electrons. The second-order valence-corrected chi connectivity index (χ2v) is 6.45. The second kappa shape index (κ2) is 7.31. The number of aromatic amines is 1. The highest BCUT2D eigenvalue weighted by Gasteiger charge is 2.41. The summed E-state index contributed by atoms with van der Waals surface area (Å²) in [6.45, 7) is 0. The smallest absolute Gasteiger partial charge is 0.0871 e. The van der Waals surface area contributed by atoms with Crippen molar-refractivity contribution in [1.29, 1.82) is 5.26 Å². The molecule has 0 spiro atoms. The minimum Gasteiger partial charge on any atom is -0.281 e. The quantitative estimate of drug-likeness (QED) is 0.523. The summed E-state index contributed by atoms with van der Waals surface area (Å²) in [5.41, 5.74) is 4.66. The van der Waals surface area contributed by atoms with E-state index in [9.17, 15) is 5.26 Å². The predicted molar refractivity (Wildman–Crippen MR) is 106 cm³/mol. The molecule has 4 aromatic rings. The number of hydrogen-bond donors (Lipinski definition) is 1. The minimum absolute atomic E-state index is 0.306. The monoisotopic (exact) mass is 349 g/mol. The van der Waals surface area contributed by atoms with E-state index < -0.39 is 5.41 Å². The third-order valence-electron chi connectivity index (χ3n) is 4.98. The lowest BCUT2D eigenvalue weighted by atomic mass is 9.66. The van der Waals surface area contributed by atoms with Gasteiger partial charge in [0.05, 0.1) is 29.8 Å². The maximum absolute atomic E-state index is 9.35. The van der Waals surface area contributed by atoms with Gasteiger partial charge >= 0.3 is 0 Å². The third kappa shape index (κ3) is 2.82. The Morgan fingerprint density at radius 1 is 0.741 bits per heavy atom. The molecule has 3 heteroatoms. The van der Waals surface area contributed by atoms with Crippen LogP contribution in [0.5, 0.6) is 0 Å². The van der Waals surface area contributed by atoms with Crippen molar-refractivity contribution in [1.82, 2.24) is 10.2 Å². The van der Waals surface area contributed by atoms with Crippen LogP contribution in [0.4, 0.5) is 0 Å². The van der Waals surface area contributed by atoms with E-state index in [0.29, 0.717) is 6.42 Å². The van der Waals surface area contributed by atoms with Crippen molar-refractivity contribution in [3.8, 4) is 6.07 Å². The summed E-state index contributed by atoms with van der Waals surface area (Å²) in [4.78, 5) is 0. The molecule has 1 N–H and O–H groups in total. The van der Waals surface area contributed by atoms with Gasteiger partial charge in [-0.1, -0.05) is 91.0 Å². The molecule has 130 valence electrons. The Morgan fingerprint density at radius 3 is 1.59 bits per heavy atom. The van der Waals surface area contributed by atoms with Crippen molar-refractivity contribution in [2.24, 2.45) is 0 Å². The van der Waals surface area contributed by atoms with Crippen LogP contribution in [-0.4, -0.2) is 10.2 Å². The summed E-state index contributed by atoms with van der Waals surface area (Å²) in [7, 11) is 0. The molecule has 3 aromatic carbocycles. The van der Waals surface area contributed by atoms with Crippen LogP contribution < -0.4 is 0 Å². The van der Waals surface area contributed by atoms with Gasteiger partial charge in [0.15, 0.2) is 0 Å². The molecular formula is C24H19N3. The highest BCUT2D eigenvalue weighted by atomic mass is 15.1. The maximum atomic E-state index is 9.35. The maximum Gasteiger partial charge on any atom is 0.0871 e. The Bertz CT molecular complexity index is 948. The first-order valence-electron chi connectivity index (χ1n) is 8.93. The van der Waals surface area contributed by atoms with E-state index in [1.54, 1.807) is 6.20 Å². The number of nitrogens with zero attached hydrogens (tertiary/aromatic N) is 2. The van der Waals surface area contributed by atoms with Crippen molar-refractivity contribution in [2.75, 3.05) is 0 Å². The van der Waals surface area contributed by atoms with E-state index in [1.165, 1.54) is 0 Å². The molecule has 0 atom stereocenters. The molecule has 0 unspecified atom stereocenters. The second-order valence-electron chi connectivity index (χ2n) is 6.45. The van der Waals surface area contributed by atoms with Crippen LogP contribution in [0, 0.1) is 11.3 Å². The Morgan fingerprint density at radius 2 is 1.19 bits per heavy atom.